The van der Waals surface area contributed by atoms with Gasteiger partial charge in [-0.25, -0.2) is 5.43 Å². The number of amides is 1. The molecule has 3 heteroatoms. The zero-order chi connectivity index (χ0) is 16.8. The molecular formula is C21H24N2O. The fourth-order valence-electron chi connectivity index (χ4n) is 3.17. The van der Waals surface area contributed by atoms with Gasteiger partial charge in [0, 0.05) is 11.3 Å². The molecule has 0 atom stereocenters. The topological polar surface area (TPSA) is 41.5 Å². The minimum atomic E-state index is -0.139. The van der Waals surface area contributed by atoms with Gasteiger partial charge in [-0.05, 0) is 54.9 Å². The summed E-state index contributed by atoms with van der Waals surface area (Å²) in [6, 6.07) is 17.8. The second-order valence-electron chi connectivity index (χ2n) is 6.41. The molecule has 124 valence electrons. The summed E-state index contributed by atoms with van der Waals surface area (Å²) in [5.41, 5.74) is 6.73. The minimum absolute atomic E-state index is 0.139. The summed E-state index contributed by atoms with van der Waals surface area (Å²) in [4.78, 5) is 12.2. The van der Waals surface area contributed by atoms with Crippen LogP contribution in [0.1, 0.15) is 49.4 Å². The van der Waals surface area contributed by atoms with Crippen molar-refractivity contribution in [3.63, 3.8) is 0 Å². The van der Waals surface area contributed by atoms with Crippen molar-refractivity contribution in [3.8, 4) is 11.1 Å². The summed E-state index contributed by atoms with van der Waals surface area (Å²) in [5.74, 6) is 0.685. The van der Waals surface area contributed by atoms with E-state index < -0.39 is 0 Å². The Morgan fingerprint density at radius 2 is 1.62 bits per heavy atom. The van der Waals surface area contributed by atoms with E-state index in [1.54, 1.807) is 0 Å². The Hall–Kier alpha value is -2.42. The Balaban J connectivity index is 1.60. The number of hydrogen-bond donors (Lipinski definition) is 1. The predicted molar refractivity (Wildman–Crippen MR) is 99.0 cm³/mol. The molecule has 1 aliphatic carbocycles. The first-order chi connectivity index (χ1) is 11.8. The highest BCUT2D eigenvalue weighted by molar-refractivity contribution is 5.96. The van der Waals surface area contributed by atoms with Gasteiger partial charge in [0.1, 0.15) is 0 Å². The number of carbonyl (C=O) groups excluding carboxylic acids is 1. The molecule has 3 nitrogen and oxygen atoms in total. The van der Waals surface area contributed by atoms with Crippen molar-refractivity contribution in [3.05, 3.63) is 60.2 Å². The van der Waals surface area contributed by atoms with E-state index in [1.165, 1.54) is 19.3 Å². The Morgan fingerprint density at radius 1 is 1.00 bits per heavy atom. The normalized spacial score (nSPS) is 17.4. The first-order valence-electron chi connectivity index (χ1n) is 8.77. The average molecular weight is 320 g/mol. The van der Waals surface area contributed by atoms with Crippen molar-refractivity contribution in [2.45, 2.75) is 39.0 Å². The molecule has 0 aromatic heterocycles. The van der Waals surface area contributed by atoms with E-state index in [-0.39, 0.29) is 5.91 Å². The number of carbonyl (C=O) groups is 1. The lowest BCUT2D eigenvalue weighted by Crippen LogP contribution is -2.22. The van der Waals surface area contributed by atoms with E-state index in [9.17, 15) is 4.79 Å². The zero-order valence-corrected chi connectivity index (χ0v) is 14.2. The summed E-state index contributed by atoms with van der Waals surface area (Å²) in [5, 5.41) is 4.33. The van der Waals surface area contributed by atoms with Gasteiger partial charge in [0.05, 0.1) is 0 Å². The molecule has 0 bridgehead atoms. The molecule has 24 heavy (non-hydrogen) atoms. The van der Waals surface area contributed by atoms with Gasteiger partial charge in [0.15, 0.2) is 0 Å². The van der Waals surface area contributed by atoms with Gasteiger partial charge in [-0.1, -0.05) is 55.8 Å². The van der Waals surface area contributed by atoms with E-state index in [2.05, 4.69) is 29.6 Å². The minimum Gasteiger partial charge on any atom is -0.267 e. The summed E-state index contributed by atoms with van der Waals surface area (Å²) < 4.78 is 0. The van der Waals surface area contributed by atoms with Crippen molar-refractivity contribution >= 4 is 11.6 Å². The van der Waals surface area contributed by atoms with Crippen molar-refractivity contribution < 1.29 is 4.79 Å². The summed E-state index contributed by atoms with van der Waals surface area (Å²) in [6.07, 6.45) is 5.64. The van der Waals surface area contributed by atoms with Crippen LogP contribution < -0.4 is 5.43 Å². The monoisotopic (exact) mass is 320 g/mol. The van der Waals surface area contributed by atoms with E-state index in [0.717, 1.165) is 35.6 Å². The summed E-state index contributed by atoms with van der Waals surface area (Å²) in [6.45, 7) is 2.24. The van der Waals surface area contributed by atoms with E-state index in [1.807, 2.05) is 42.5 Å². The van der Waals surface area contributed by atoms with Crippen LogP contribution in [0, 0.1) is 5.92 Å². The van der Waals surface area contributed by atoms with Crippen LogP contribution in [0.2, 0.25) is 0 Å². The molecule has 0 unspecified atom stereocenters. The largest absolute Gasteiger partial charge is 0.271 e. The molecule has 0 spiro atoms. The Bertz CT molecular complexity index is 694. The molecule has 0 radical (unpaired) electrons. The van der Waals surface area contributed by atoms with Gasteiger partial charge >= 0.3 is 0 Å². The molecular weight excluding hydrogens is 296 g/mol. The molecule has 1 amide bonds. The second-order valence-corrected chi connectivity index (χ2v) is 6.41. The predicted octanol–water partition coefficient (Wildman–Crippen LogP) is 5.04. The van der Waals surface area contributed by atoms with Gasteiger partial charge in [0.2, 0.25) is 0 Å². The molecule has 1 saturated carbocycles. The zero-order valence-electron chi connectivity index (χ0n) is 14.2. The summed E-state index contributed by atoms with van der Waals surface area (Å²) >= 11 is 0. The first-order valence-corrected chi connectivity index (χ1v) is 8.77. The molecule has 1 aliphatic rings. The number of nitrogens with zero attached hydrogens (tertiary/aromatic N) is 1. The number of hydrogen-bond acceptors (Lipinski definition) is 2. The second kappa shape index (κ2) is 7.91. The fourth-order valence-corrected chi connectivity index (χ4v) is 3.17. The SMILES string of the molecule is CCC1CCC(=NNC(=O)c2ccc(-c3ccccc3)cc2)CC1. The molecule has 0 saturated heterocycles. The van der Waals surface area contributed by atoms with E-state index in [0.29, 0.717) is 5.56 Å². The van der Waals surface area contributed by atoms with Crippen molar-refractivity contribution in [2.75, 3.05) is 0 Å². The third-order valence-corrected chi connectivity index (χ3v) is 4.83. The maximum Gasteiger partial charge on any atom is 0.271 e. The van der Waals surface area contributed by atoms with Crippen molar-refractivity contribution in [2.24, 2.45) is 11.0 Å². The van der Waals surface area contributed by atoms with Crippen LogP contribution in [0.3, 0.4) is 0 Å². The van der Waals surface area contributed by atoms with Gasteiger partial charge in [-0.2, -0.15) is 5.10 Å². The average Bonchev–Trinajstić information content (AvgIpc) is 2.67. The van der Waals surface area contributed by atoms with Crippen LogP contribution in [-0.2, 0) is 0 Å². The van der Waals surface area contributed by atoms with Crippen LogP contribution in [0.25, 0.3) is 11.1 Å². The van der Waals surface area contributed by atoms with Gasteiger partial charge in [-0.15, -0.1) is 0 Å². The Labute approximate surface area is 143 Å². The quantitative estimate of drug-likeness (QED) is 0.788. The highest BCUT2D eigenvalue weighted by atomic mass is 16.2. The highest BCUT2D eigenvalue weighted by Crippen LogP contribution is 2.24. The maximum atomic E-state index is 12.2. The Kier molecular flexibility index (Phi) is 5.42. The standard InChI is InChI=1S/C21H24N2O/c1-2-16-8-14-20(15-9-16)22-23-21(24)19-12-10-18(11-13-19)17-6-4-3-5-7-17/h3-7,10-13,16H,2,8-9,14-15H2,1H3,(H,23,24). The number of hydrazone groups is 1. The van der Waals surface area contributed by atoms with Crippen LogP contribution in [-0.4, -0.2) is 11.6 Å². The lowest BCUT2D eigenvalue weighted by atomic mass is 9.86. The lowest BCUT2D eigenvalue weighted by molar-refractivity contribution is 0.0954. The molecule has 3 rings (SSSR count). The van der Waals surface area contributed by atoms with E-state index in [4.69, 9.17) is 0 Å². The highest BCUT2D eigenvalue weighted by Gasteiger charge is 2.16. The molecule has 0 aliphatic heterocycles. The molecule has 1 N–H and O–H groups in total. The van der Waals surface area contributed by atoms with Gasteiger partial charge < -0.3 is 0 Å². The van der Waals surface area contributed by atoms with Crippen LogP contribution in [0.5, 0.6) is 0 Å². The summed E-state index contributed by atoms with van der Waals surface area (Å²) in [7, 11) is 0. The molecule has 1 fully saturated rings. The van der Waals surface area contributed by atoms with E-state index >= 15 is 0 Å². The third kappa shape index (κ3) is 4.10. The maximum absolute atomic E-state index is 12.2. The fraction of sp³-hybridized carbons (Fsp3) is 0.333. The number of rotatable bonds is 4. The van der Waals surface area contributed by atoms with Crippen LogP contribution >= 0.6 is 0 Å². The smallest absolute Gasteiger partial charge is 0.267 e. The number of benzene rings is 2. The van der Waals surface area contributed by atoms with Crippen molar-refractivity contribution in [1.29, 1.82) is 0 Å². The lowest BCUT2D eigenvalue weighted by Gasteiger charge is -2.21. The van der Waals surface area contributed by atoms with Crippen LogP contribution in [0.4, 0.5) is 0 Å². The molecule has 0 heterocycles. The number of nitrogens with one attached hydrogen (secondary N) is 1. The van der Waals surface area contributed by atoms with Gasteiger partial charge in [0.25, 0.3) is 5.91 Å². The Morgan fingerprint density at radius 3 is 2.25 bits per heavy atom. The molecule has 2 aromatic carbocycles. The molecule has 2 aromatic rings. The van der Waals surface area contributed by atoms with Crippen LogP contribution in [0.15, 0.2) is 59.7 Å². The first kappa shape index (κ1) is 16.4. The third-order valence-electron chi connectivity index (χ3n) is 4.83. The van der Waals surface area contributed by atoms with Crippen molar-refractivity contribution in [1.82, 2.24) is 5.43 Å². The van der Waals surface area contributed by atoms with Gasteiger partial charge in [-0.3, -0.25) is 4.79 Å².